The van der Waals surface area contributed by atoms with E-state index in [1.54, 1.807) is 0 Å². The fourth-order valence-corrected chi connectivity index (χ4v) is 0.555. The number of aliphatic hydroxyl groups is 1. The summed E-state index contributed by atoms with van der Waals surface area (Å²) in [7, 11) is 0. The summed E-state index contributed by atoms with van der Waals surface area (Å²) in [5.41, 5.74) is 0. The van der Waals surface area contributed by atoms with E-state index in [4.69, 9.17) is 5.11 Å². The third-order valence-electron chi connectivity index (χ3n) is 0.474. The van der Waals surface area contributed by atoms with Crippen molar-refractivity contribution in [1.29, 1.82) is 0 Å². The van der Waals surface area contributed by atoms with E-state index in [9.17, 15) is 4.79 Å². The van der Waals surface area contributed by atoms with Crippen LogP contribution in [-0.4, -0.2) is 23.4 Å². The van der Waals surface area contributed by atoms with Gasteiger partial charge in [0.05, 0.1) is 0 Å². The zero-order chi connectivity index (χ0) is 6.41. The lowest BCUT2D eigenvalue weighted by molar-refractivity contribution is -0.121. The van der Waals surface area contributed by atoms with Gasteiger partial charge in [-0.1, -0.05) is 18.9 Å². The largest absolute Gasteiger partial charge is 0.387 e. The van der Waals surface area contributed by atoms with Gasteiger partial charge in [0.15, 0.2) is 0 Å². The van der Waals surface area contributed by atoms with Crippen molar-refractivity contribution in [3.05, 3.63) is 0 Å². The molecule has 0 aliphatic rings. The van der Waals surface area contributed by atoms with E-state index in [-0.39, 0.29) is 5.91 Å². The van der Waals surface area contributed by atoms with E-state index in [1.807, 2.05) is 6.92 Å². The molecule has 0 bridgehead atoms. The number of hydrogen-bond acceptors (Lipinski definition) is 3. The van der Waals surface area contributed by atoms with E-state index in [2.05, 4.69) is 4.72 Å². The molecule has 0 aliphatic carbocycles. The Labute approximate surface area is 52.6 Å². The molecule has 1 amide bonds. The summed E-state index contributed by atoms with van der Waals surface area (Å²) in [6.45, 7) is 1.50. The molecule has 0 saturated heterocycles. The van der Waals surface area contributed by atoms with Crippen LogP contribution >= 0.6 is 11.9 Å². The molecule has 0 atom stereocenters. The van der Waals surface area contributed by atoms with Crippen molar-refractivity contribution in [3.8, 4) is 0 Å². The number of aliphatic hydroxyl groups excluding tert-OH is 1. The van der Waals surface area contributed by atoms with Gasteiger partial charge in [0.1, 0.15) is 6.61 Å². The van der Waals surface area contributed by atoms with Crippen molar-refractivity contribution in [2.75, 3.05) is 12.4 Å². The van der Waals surface area contributed by atoms with Crippen LogP contribution in [0.2, 0.25) is 0 Å². The molecule has 0 fully saturated rings. The van der Waals surface area contributed by atoms with Gasteiger partial charge in [0.2, 0.25) is 0 Å². The number of rotatable bonds is 3. The monoisotopic (exact) mass is 135 g/mol. The first-order valence-corrected chi connectivity index (χ1v) is 3.31. The first kappa shape index (κ1) is 7.78. The average Bonchev–Trinajstić information content (AvgIpc) is 1.83. The highest BCUT2D eigenvalue weighted by atomic mass is 32.2. The Kier molecular flexibility index (Phi) is 4.79. The maximum Gasteiger partial charge on any atom is 0.255 e. The lowest BCUT2D eigenvalue weighted by atomic mass is 10.7. The molecular formula is C4H9NO2S. The minimum Gasteiger partial charge on any atom is -0.387 e. The van der Waals surface area contributed by atoms with Crippen LogP contribution in [0.25, 0.3) is 0 Å². The number of carbonyl (C=O) groups excluding carboxylic acids is 1. The van der Waals surface area contributed by atoms with E-state index < -0.39 is 6.61 Å². The maximum atomic E-state index is 10.2. The van der Waals surface area contributed by atoms with Crippen molar-refractivity contribution >= 4 is 17.9 Å². The molecule has 48 valence electrons. The molecule has 0 saturated carbocycles. The van der Waals surface area contributed by atoms with Crippen LogP contribution < -0.4 is 4.72 Å². The smallest absolute Gasteiger partial charge is 0.255 e. The molecule has 0 heterocycles. The topological polar surface area (TPSA) is 49.3 Å². The highest BCUT2D eigenvalue weighted by molar-refractivity contribution is 7.97. The first-order valence-electron chi connectivity index (χ1n) is 2.32. The summed E-state index contributed by atoms with van der Waals surface area (Å²) in [6, 6.07) is 0. The van der Waals surface area contributed by atoms with Crippen LogP contribution in [0.1, 0.15) is 6.92 Å². The molecule has 0 aromatic heterocycles. The lowest BCUT2D eigenvalue weighted by Crippen LogP contribution is -2.19. The third-order valence-corrected chi connectivity index (χ3v) is 1.13. The fraction of sp³-hybridized carbons (Fsp3) is 0.750. The average molecular weight is 135 g/mol. The molecule has 2 N–H and O–H groups in total. The Morgan fingerprint density at radius 1 is 1.88 bits per heavy atom. The molecule has 0 aliphatic heterocycles. The van der Waals surface area contributed by atoms with E-state index >= 15 is 0 Å². The lowest BCUT2D eigenvalue weighted by Gasteiger charge is -1.95. The van der Waals surface area contributed by atoms with Crippen LogP contribution in [-0.2, 0) is 4.79 Å². The predicted octanol–water partition coefficient (Wildman–Crippen LogP) is -0.237. The Morgan fingerprint density at radius 3 is 2.88 bits per heavy atom. The summed E-state index contributed by atoms with van der Waals surface area (Å²) in [5, 5.41) is 8.14. The molecule has 0 aromatic rings. The number of amides is 1. The molecule has 8 heavy (non-hydrogen) atoms. The van der Waals surface area contributed by atoms with Crippen molar-refractivity contribution in [3.63, 3.8) is 0 Å². The molecular weight excluding hydrogens is 126 g/mol. The number of nitrogens with one attached hydrogen (secondary N) is 1. The van der Waals surface area contributed by atoms with Crippen molar-refractivity contribution < 1.29 is 9.90 Å². The van der Waals surface area contributed by atoms with Gasteiger partial charge in [-0.05, 0) is 0 Å². The molecule has 0 spiro atoms. The Bertz CT molecular complexity index is 76.4. The molecule has 0 radical (unpaired) electrons. The summed E-state index contributed by atoms with van der Waals surface area (Å²) >= 11 is 1.28. The van der Waals surface area contributed by atoms with Gasteiger partial charge in [0, 0.05) is 5.75 Å². The van der Waals surface area contributed by atoms with Crippen molar-refractivity contribution in [1.82, 2.24) is 4.72 Å². The van der Waals surface area contributed by atoms with Crippen LogP contribution in [0.15, 0.2) is 0 Å². The van der Waals surface area contributed by atoms with Gasteiger partial charge in [-0.25, -0.2) is 0 Å². The van der Waals surface area contributed by atoms with Gasteiger partial charge in [-0.15, -0.1) is 0 Å². The van der Waals surface area contributed by atoms with Gasteiger partial charge in [0.25, 0.3) is 5.91 Å². The maximum absolute atomic E-state index is 10.2. The van der Waals surface area contributed by atoms with Crippen LogP contribution in [0.4, 0.5) is 0 Å². The zero-order valence-electron chi connectivity index (χ0n) is 4.68. The van der Waals surface area contributed by atoms with E-state index in [0.29, 0.717) is 0 Å². The van der Waals surface area contributed by atoms with Gasteiger partial charge < -0.3 is 5.11 Å². The second kappa shape index (κ2) is 4.93. The number of hydrogen-bond donors (Lipinski definition) is 2. The Hall–Kier alpha value is -0.220. The minimum absolute atomic E-state index is 0.336. The third kappa shape index (κ3) is 3.95. The van der Waals surface area contributed by atoms with Crippen molar-refractivity contribution in [2.24, 2.45) is 0 Å². The Balaban J connectivity index is 2.99. The quantitative estimate of drug-likeness (QED) is 0.525. The van der Waals surface area contributed by atoms with E-state index in [0.717, 1.165) is 5.75 Å². The Morgan fingerprint density at radius 2 is 2.50 bits per heavy atom. The van der Waals surface area contributed by atoms with Gasteiger partial charge >= 0.3 is 0 Å². The second-order valence-electron chi connectivity index (χ2n) is 1.12. The summed E-state index contributed by atoms with van der Waals surface area (Å²) in [6.07, 6.45) is 0. The van der Waals surface area contributed by atoms with Crippen LogP contribution in [0.3, 0.4) is 0 Å². The van der Waals surface area contributed by atoms with Crippen LogP contribution in [0.5, 0.6) is 0 Å². The fourth-order valence-electron chi connectivity index (χ4n) is 0.185. The predicted molar refractivity (Wildman–Crippen MR) is 33.4 cm³/mol. The first-order chi connectivity index (χ1) is 3.81. The molecule has 4 heteroatoms. The SMILES string of the molecule is CCSNC(=O)CO. The number of carbonyl (C=O) groups is 1. The standard InChI is InChI=1S/C4H9NO2S/c1-2-8-5-4(7)3-6/h6H,2-3H2,1H3,(H,5,7). The highest BCUT2D eigenvalue weighted by Gasteiger charge is 1.92. The van der Waals surface area contributed by atoms with Gasteiger partial charge in [-0.3, -0.25) is 9.52 Å². The molecule has 0 unspecified atom stereocenters. The normalized spacial score (nSPS) is 8.75. The second-order valence-corrected chi connectivity index (χ2v) is 2.19. The minimum atomic E-state index is -0.424. The summed E-state index contributed by atoms with van der Waals surface area (Å²) < 4.78 is 2.41. The van der Waals surface area contributed by atoms with E-state index in [1.165, 1.54) is 11.9 Å². The molecule has 0 aromatic carbocycles. The molecule has 3 nitrogen and oxygen atoms in total. The van der Waals surface area contributed by atoms with Crippen molar-refractivity contribution in [2.45, 2.75) is 6.92 Å². The summed E-state index contributed by atoms with van der Waals surface area (Å²) in [5.74, 6) is 0.489. The van der Waals surface area contributed by atoms with Gasteiger partial charge in [-0.2, -0.15) is 0 Å². The van der Waals surface area contributed by atoms with Crippen LogP contribution in [0, 0.1) is 0 Å². The summed E-state index contributed by atoms with van der Waals surface area (Å²) in [4.78, 5) is 10.2. The highest BCUT2D eigenvalue weighted by Crippen LogP contribution is 1.87. The zero-order valence-corrected chi connectivity index (χ0v) is 5.49. The molecule has 0 rings (SSSR count).